The summed E-state index contributed by atoms with van der Waals surface area (Å²) in [5.74, 6) is 1.43. The van der Waals surface area contributed by atoms with Crippen molar-refractivity contribution in [2.75, 3.05) is 21.3 Å². The van der Waals surface area contributed by atoms with Gasteiger partial charge in [0.05, 0.1) is 21.3 Å². The molecule has 0 spiro atoms. The second kappa shape index (κ2) is 6.99. The molecule has 0 aromatic heterocycles. The van der Waals surface area contributed by atoms with E-state index < -0.39 is 0 Å². The van der Waals surface area contributed by atoms with Crippen LogP contribution in [0.4, 0.5) is 0 Å². The largest absolute Gasteiger partial charge is 0.493 e. The van der Waals surface area contributed by atoms with Crippen LogP contribution in [0, 0.1) is 0 Å². The second-order valence-corrected chi connectivity index (χ2v) is 7.62. The molecule has 26 heavy (non-hydrogen) atoms. The third-order valence-corrected chi connectivity index (χ3v) is 6.02. The van der Waals surface area contributed by atoms with Crippen LogP contribution < -0.4 is 19.5 Å². The molecule has 2 atom stereocenters. The molecule has 1 aliphatic carbocycles. The van der Waals surface area contributed by atoms with Gasteiger partial charge in [-0.25, -0.2) is 0 Å². The van der Waals surface area contributed by atoms with Crippen molar-refractivity contribution in [2.24, 2.45) is 0 Å². The molecule has 1 aromatic rings. The van der Waals surface area contributed by atoms with Gasteiger partial charge in [0.2, 0.25) is 5.75 Å². The monoisotopic (exact) mass is 360 g/mol. The van der Waals surface area contributed by atoms with Crippen LogP contribution >= 0.6 is 0 Å². The second-order valence-electron chi connectivity index (χ2n) is 7.62. The number of methoxy groups -OCH3 is 3. The van der Waals surface area contributed by atoms with Gasteiger partial charge in [-0.05, 0) is 50.7 Å². The Morgan fingerprint density at radius 2 is 1.46 bits per heavy atom. The van der Waals surface area contributed by atoms with E-state index >= 15 is 0 Å². The predicted octanol–water partition coefficient (Wildman–Crippen LogP) is 2.60. The van der Waals surface area contributed by atoms with Crippen LogP contribution in [0.5, 0.6) is 17.2 Å². The Bertz CT molecular complexity index is 649. The van der Waals surface area contributed by atoms with Crippen LogP contribution in [0.3, 0.4) is 0 Å². The Kier molecular flexibility index (Phi) is 4.69. The molecule has 1 amide bonds. The Morgan fingerprint density at radius 3 is 1.92 bits per heavy atom. The van der Waals surface area contributed by atoms with E-state index in [1.54, 1.807) is 33.5 Å². The molecule has 142 valence electrons. The van der Waals surface area contributed by atoms with Crippen LogP contribution in [0.25, 0.3) is 0 Å². The van der Waals surface area contributed by atoms with Gasteiger partial charge in [0.25, 0.3) is 5.91 Å². The topological polar surface area (TPSA) is 60.0 Å². The molecule has 6 heteroatoms. The van der Waals surface area contributed by atoms with Gasteiger partial charge in [-0.15, -0.1) is 0 Å². The molecular weight excluding hydrogens is 332 g/mol. The lowest BCUT2D eigenvalue weighted by Crippen LogP contribution is -2.51. The highest BCUT2D eigenvalue weighted by molar-refractivity contribution is 5.95. The van der Waals surface area contributed by atoms with Crippen molar-refractivity contribution in [2.45, 2.75) is 62.7 Å². The van der Waals surface area contributed by atoms with E-state index in [9.17, 15) is 4.79 Å². The molecular formula is C20H28N2O4. The first kappa shape index (κ1) is 17.5. The minimum atomic E-state index is -0.0754. The molecule has 3 aliphatic rings. The smallest absolute Gasteiger partial charge is 0.251 e. The third kappa shape index (κ3) is 3.11. The van der Waals surface area contributed by atoms with Crippen molar-refractivity contribution in [1.82, 2.24) is 10.2 Å². The Morgan fingerprint density at radius 1 is 0.923 bits per heavy atom. The highest BCUT2D eigenvalue weighted by Gasteiger charge is 2.47. The SMILES string of the molecule is COc1cc(C(=O)NC2C[C@@H]3CC[C@@H](C2)N3C2CC2)cc(OC)c1OC. The lowest BCUT2D eigenvalue weighted by atomic mass is 9.96. The molecule has 6 nitrogen and oxygen atoms in total. The summed E-state index contributed by atoms with van der Waals surface area (Å²) in [6, 6.07) is 5.78. The van der Waals surface area contributed by atoms with E-state index in [4.69, 9.17) is 14.2 Å². The maximum Gasteiger partial charge on any atom is 0.251 e. The molecule has 1 aromatic carbocycles. The maximum absolute atomic E-state index is 12.8. The van der Waals surface area contributed by atoms with Gasteiger partial charge in [0.1, 0.15) is 0 Å². The fourth-order valence-corrected chi connectivity index (χ4v) is 4.78. The molecule has 2 bridgehead atoms. The highest BCUT2D eigenvalue weighted by Crippen LogP contribution is 2.43. The van der Waals surface area contributed by atoms with Gasteiger partial charge in [-0.3, -0.25) is 9.69 Å². The van der Waals surface area contributed by atoms with Gasteiger partial charge in [0.15, 0.2) is 11.5 Å². The zero-order valence-electron chi connectivity index (χ0n) is 15.8. The highest BCUT2D eigenvalue weighted by atomic mass is 16.5. The number of ether oxygens (including phenoxy) is 3. The summed E-state index contributed by atoms with van der Waals surface area (Å²) < 4.78 is 16.1. The van der Waals surface area contributed by atoms with Gasteiger partial charge in [-0.2, -0.15) is 0 Å². The fourth-order valence-electron chi connectivity index (χ4n) is 4.78. The van der Waals surface area contributed by atoms with Crippen molar-refractivity contribution in [1.29, 1.82) is 0 Å². The first-order valence-electron chi connectivity index (χ1n) is 9.53. The Hall–Kier alpha value is -1.95. The minimum absolute atomic E-state index is 0.0754. The Labute approximate surface area is 154 Å². The Balaban J connectivity index is 1.47. The number of benzene rings is 1. The van der Waals surface area contributed by atoms with Gasteiger partial charge >= 0.3 is 0 Å². The molecule has 1 saturated carbocycles. The van der Waals surface area contributed by atoms with Crippen LogP contribution in [-0.4, -0.2) is 56.3 Å². The zero-order chi connectivity index (χ0) is 18.3. The van der Waals surface area contributed by atoms with E-state index in [-0.39, 0.29) is 11.9 Å². The van der Waals surface area contributed by atoms with Gasteiger partial charge in [0, 0.05) is 29.7 Å². The number of nitrogens with zero attached hydrogens (tertiary/aromatic N) is 1. The van der Waals surface area contributed by atoms with Crippen molar-refractivity contribution in [3.05, 3.63) is 17.7 Å². The number of piperidine rings is 1. The summed E-state index contributed by atoms with van der Waals surface area (Å²) in [7, 11) is 4.68. The third-order valence-electron chi connectivity index (χ3n) is 6.02. The number of hydrogen-bond donors (Lipinski definition) is 1. The normalized spacial score (nSPS) is 27.9. The zero-order valence-corrected chi connectivity index (χ0v) is 15.8. The van der Waals surface area contributed by atoms with Crippen LogP contribution in [-0.2, 0) is 0 Å². The average molecular weight is 360 g/mol. The molecule has 0 radical (unpaired) electrons. The molecule has 2 aliphatic heterocycles. The van der Waals surface area contributed by atoms with E-state index in [1.165, 1.54) is 25.7 Å². The molecule has 0 unspecified atom stereocenters. The van der Waals surface area contributed by atoms with E-state index in [0.29, 0.717) is 34.9 Å². The summed E-state index contributed by atoms with van der Waals surface area (Å²) >= 11 is 0. The number of nitrogens with one attached hydrogen (secondary N) is 1. The fraction of sp³-hybridized carbons (Fsp3) is 0.650. The van der Waals surface area contributed by atoms with Crippen molar-refractivity contribution in [3.8, 4) is 17.2 Å². The first-order chi connectivity index (χ1) is 12.6. The summed E-state index contributed by atoms with van der Waals surface area (Å²) in [6.07, 6.45) is 7.38. The number of hydrogen-bond acceptors (Lipinski definition) is 5. The summed E-state index contributed by atoms with van der Waals surface area (Å²) in [4.78, 5) is 15.6. The van der Waals surface area contributed by atoms with Crippen molar-refractivity contribution >= 4 is 5.91 Å². The molecule has 4 rings (SSSR count). The van der Waals surface area contributed by atoms with Crippen LogP contribution in [0.15, 0.2) is 12.1 Å². The maximum atomic E-state index is 12.8. The quantitative estimate of drug-likeness (QED) is 0.845. The summed E-state index contributed by atoms with van der Waals surface area (Å²) in [6.45, 7) is 0. The number of rotatable bonds is 6. The molecule has 3 fully saturated rings. The predicted molar refractivity (Wildman–Crippen MR) is 98.3 cm³/mol. The lowest BCUT2D eigenvalue weighted by molar-refractivity contribution is 0.0826. The number of carbonyl (C=O) groups excluding carboxylic acids is 1. The van der Waals surface area contributed by atoms with E-state index in [1.807, 2.05) is 0 Å². The van der Waals surface area contributed by atoms with E-state index in [2.05, 4.69) is 10.2 Å². The average Bonchev–Trinajstić information content (AvgIpc) is 3.46. The van der Waals surface area contributed by atoms with Crippen molar-refractivity contribution < 1.29 is 19.0 Å². The number of amides is 1. The summed E-state index contributed by atoms with van der Waals surface area (Å²) in [5, 5.41) is 3.24. The summed E-state index contributed by atoms with van der Waals surface area (Å²) in [5.41, 5.74) is 0.538. The van der Waals surface area contributed by atoms with Gasteiger partial charge < -0.3 is 19.5 Å². The standard InChI is InChI=1S/C20H28N2O4/c1-24-17-8-12(9-18(25-2)19(17)26-3)20(23)21-13-10-15-6-7-16(11-13)22(15)14-4-5-14/h8-9,13-16H,4-7,10-11H2,1-3H3,(H,21,23)/t15-,16-/m0/s1. The number of carbonyl (C=O) groups is 1. The van der Waals surface area contributed by atoms with E-state index in [0.717, 1.165) is 18.9 Å². The molecule has 1 N–H and O–H groups in total. The van der Waals surface area contributed by atoms with Crippen molar-refractivity contribution in [3.63, 3.8) is 0 Å². The lowest BCUT2D eigenvalue weighted by Gasteiger charge is -2.39. The molecule has 2 heterocycles. The molecule has 2 saturated heterocycles. The number of fused-ring (bicyclic) bond motifs is 2. The van der Waals surface area contributed by atoms with Crippen LogP contribution in [0.1, 0.15) is 48.9 Å². The minimum Gasteiger partial charge on any atom is -0.493 e. The first-order valence-corrected chi connectivity index (χ1v) is 9.53. The van der Waals surface area contributed by atoms with Gasteiger partial charge in [-0.1, -0.05) is 0 Å². The van der Waals surface area contributed by atoms with Crippen LogP contribution in [0.2, 0.25) is 0 Å².